The number of carboxylic acid groups (broad SMARTS) is 1. The van der Waals surface area contributed by atoms with Gasteiger partial charge in [0.2, 0.25) is 0 Å². The van der Waals surface area contributed by atoms with E-state index in [-0.39, 0.29) is 6.61 Å². The second-order valence-electron chi connectivity index (χ2n) is 4.44. The van der Waals surface area contributed by atoms with Crippen molar-refractivity contribution < 1.29 is 24.6 Å². The number of hydrogen-bond acceptors (Lipinski definition) is 6. The van der Waals surface area contributed by atoms with Gasteiger partial charge in [-0.1, -0.05) is 0 Å². The standard InChI is InChI=1S/C13H14N2O6S/c1-3-21-15-12(20)9(11(19)14(2)6-8(16)17)10(18)7-4-5-22-13(7)15/h4-5,18H,3,6H2,1-2H3,(H,16,17). The molecule has 2 heterocycles. The Morgan fingerprint density at radius 2 is 2.14 bits per heavy atom. The van der Waals surface area contributed by atoms with Gasteiger partial charge < -0.3 is 20.0 Å². The van der Waals surface area contributed by atoms with Crippen molar-refractivity contribution in [2.75, 3.05) is 20.2 Å². The maximum atomic E-state index is 12.4. The van der Waals surface area contributed by atoms with Crippen LogP contribution in [0.1, 0.15) is 17.3 Å². The van der Waals surface area contributed by atoms with E-state index in [1.54, 1.807) is 18.4 Å². The van der Waals surface area contributed by atoms with Gasteiger partial charge in [-0.05, 0) is 18.4 Å². The van der Waals surface area contributed by atoms with Gasteiger partial charge in [0.05, 0.1) is 5.39 Å². The number of fused-ring (bicyclic) bond motifs is 1. The van der Waals surface area contributed by atoms with Gasteiger partial charge in [0.1, 0.15) is 23.7 Å². The average molecular weight is 326 g/mol. The Kier molecular flexibility index (Phi) is 4.36. The number of thiophene rings is 1. The van der Waals surface area contributed by atoms with Gasteiger partial charge in [0.15, 0.2) is 5.56 Å². The van der Waals surface area contributed by atoms with Gasteiger partial charge in [-0.2, -0.15) is 0 Å². The molecule has 2 aromatic heterocycles. The molecule has 2 rings (SSSR count). The van der Waals surface area contributed by atoms with Crippen LogP contribution in [0, 0.1) is 0 Å². The van der Waals surface area contributed by atoms with Gasteiger partial charge in [-0.3, -0.25) is 14.4 Å². The predicted octanol–water partition coefficient (Wildman–Crippen LogP) is 0.374. The molecule has 118 valence electrons. The molecule has 0 fully saturated rings. The molecule has 0 saturated heterocycles. The third-order valence-corrected chi connectivity index (χ3v) is 3.79. The van der Waals surface area contributed by atoms with Crippen molar-refractivity contribution in [3.05, 3.63) is 27.4 Å². The number of nitrogens with zero attached hydrogens (tertiary/aromatic N) is 2. The molecule has 1 amide bonds. The van der Waals surface area contributed by atoms with Crippen molar-refractivity contribution in [1.29, 1.82) is 0 Å². The van der Waals surface area contributed by atoms with Crippen LogP contribution < -0.4 is 10.4 Å². The Balaban J connectivity index is 2.65. The third-order valence-electron chi connectivity index (χ3n) is 2.91. The summed E-state index contributed by atoms with van der Waals surface area (Å²) in [6.07, 6.45) is 0. The Morgan fingerprint density at radius 1 is 1.45 bits per heavy atom. The second kappa shape index (κ2) is 6.06. The van der Waals surface area contributed by atoms with Crippen LogP contribution in [0.5, 0.6) is 5.75 Å². The average Bonchev–Trinajstić information content (AvgIpc) is 2.92. The van der Waals surface area contributed by atoms with E-state index in [0.717, 1.165) is 9.63 Å². The maximum Gasteiger partial charge on any atom is 0.323 e. The zero-order valence-electron chi connectivity index (χ0n) is 11.9. The first-order chi connectivity index (χ1) is 10.4. The summed E-state index contributed by atoms with van der Waals surface area (Å²) >= 11 is 1.18. The number of hydrogen-bond donors (Lipinski definition) is 2. The van der Waals surface area contributed by atoms with Gasteiger partial charge >= 0.3 is 11.5 Å². The van der Waals surface area contributed by atoms with Crippen LogP contribution in [-0.4, -0.2) is 51.9 Å². The highest BCUT2D eigenvalue weighted by Crippen LogP contribution is 2.30. The van der Waals surface area contributed by atoms with Crippen LogP contribution >= 0.6 is 11.3 Å². The van der Waals surface area contributed by atoms with Crippen molar-refractivity contribution in [1.82, 2.24) is 9.63 Å². The molecule has 0 atom stereocenters. The summed E-state index contributed by atoms with van der Waals surface area (Å²) in [5.74, 6) is -2.58. The number of aromatic hydroxyl groups is 1. The number of aromatic nitrogens is 1. The fraction of sp³-hybridized carbons (Fsp3) is 0.308. The minimum atomic E-state index is -1.22. The highest BCUT2D eigenvalue weighted by Gasteiger charge is 2.26. The molecule has 0 radical (unpaired) electrons. The topological polar surface area (TPSA) is 109 Å². The monoisotopic (exact) mass is 326 g/mol. The lowest BCUT2D eigenvalue weighted by Crippen LogP contribution is -2.38. The minimum absolute atomic E-state index is 0.191. The van der Waals surface area contributed by atoms with Crippen LogP contribution in [0.4, 0.5) is 0 Å². The quantitative estimate of drug-likeness (QED) is 0.822. The van der Waals surface area contributed by atoms with E-state index in [4.69, 9.17) is 9.94 Å². The van der Waals surface area contributed by atoms with Crippen molar-refractivity contribution >= 4 is 33.4 Å². The second-order valence-corrected chi connectivity index (χ2v) is 5.33. The van der Waals surface area contributed by atoms with Crippen molar-refractivity contribution in [2.45, 2.75) is 6.92 Å². The lowest BCUT2D eigenvalue weighted by molar-refractivity contribution is -0.137. The lowest BCUT2D eigenvalue weighted by atomic mass is 10.2. The van der Waals surface area contributed by atoms with Crippen LogP contribution in [0.2, 0.25) is 0 Å². The molecule has 2 N–H and O–H groups in total. The summed E-state index contributed by atoms with van der Waals surface area (Å²) in [7, 11) is 1.23. The van der Waals surface area contributed by atoms with E-state index < -0.39 is 35.3 Å². The fourth-order valence-electron chi connectivity index (χ4n) is 1.97. The highest BCUT2D eigenvalue weighted by molar-refractivity contribution is 7.16. The van der Waals surface area contributed by atoms with E-state index in [1.165, 1.54) is 18.4 Å². The minimum Gasteiger partial charge on any atom is -0.506 e. The van der Waals surface area contributed by atoms with Gasteiger partial charge in [0, 0.05) is 7.05 Å². The first-order valence-corrected chi connectivity index (χ1v) is 7.22. The number of rotatable bonds is 5. The first-order valence-electron chi connectivity index (χ1n) is 6.34. The zero-order chi connectivity index (χ0) is 16.4. The summed E-state index contributed by atoms with van der Waals surface area (Å²) in [6.45, 7) is 1.28. The Hall–Kier alpha value is -2.55. The molecular weight excluding hydrogens is 312 g/mol. The molecule has 0 saturated carbocycles. The first kappa shape index (κ1) is 15.8. The molecule has 0 bridgehead atoms. The molecule has 0 spiro atoms. The number of amides is 1. The number of aliphatic carboxylic acids is 1. The van der Waals surface area contributed by atoms with Crippen LogP contribution in [0.25, 0.3) is 10.2 Å². The SMILES string of the molecule is CCOn1c(=O)c(C(=O)N(C)CC(=O)O)c(O)c2ccsc21. The molecule has 0 aliphatic rings. The molecule has 8 nitrogen and oxygen atoms in total. The van der Waals surface area contributed by atoms with Crippen LogP contribution in [0.3, 0.4) is 0 Å². The molecular formula is C13H14N2O6S. The van der Waals surface area contributed by atoms with E-state index in [1.807, 2.05) is 0 Å². The molecule has 0 aliphatic heterocycles. The summed E-state index contributed by atoms with van der Waals surface area (Å²) in [6, 6.07) is 1.55. The Bertz CT molecular complexity index is 794. The molecule has 22 heavy (non-hydrogen) atoms. The van der Waals surface area contributed by atoms with Crippen LogP contribution in [0.15, 0.2) is 16.2 Å². The summed E-state index contributed by atoms with van der Waals surface area (Å²) in [5, 5.41) is 20.9. The smallest absolute Gasteiger partial charge is 0.323 e. The number of carbonyl (C=O) groups excluding carboxylic acids is 1. The zero-order valence-corrected chi connectivity index (χ0v) is 12.7. The number of carbonyl (C=O) groups is 2. The predicted molar refractivity (Wildman–Crippen MR) is 79.5 cm³/mol. The van der Waals surface area contributed by atoms with Crippen LogP contribution in [-0.2, 0) is 4.79 Å². The van der Waals surface area contributed by atoms with Gasteiger partial charge in [-0.25, -0.2) is 0 Å². The van der Waals surface area contributed by atoms with Crippen molar-refractivity contribution in [3.63, 3.8) is 0 Å². The number of pyridine rings is 1. The lowest BCUT2D eigenvalue weighted by Gasteiger charge is -2.17. The summed E-state index contributed by atoms with van der Waals surface area (Å²) < 4.78 is 0.946. The largest absolute Gasteiger partial charge is 0.506 e. The molecule has 0 unspecified atom stereocenters. The van der Waals surface area contributed by atoms with E-state index in [2.05, 4.69) is 0 Å². The maximum absolute atomic E-state index is 12.4. The summed E-state index contributed by atoms with van der Waals surface area (Å²) in [5.41, 5.74) is -1.33. The van der Waals surface area contributed by atoms with E-state index in [0.29, 0.717) is 10.2 Å². The number of carboxylic acids is 1. The van der Waals surface area contributed by atoms with Gasteiger partial charge in [-0.15, -0.1) is 16.1 Å². The summed E-state index contributed by atoms with van der Waals surface area (Å²) in [4.78, 5) is 41.8. The number of likely N-dealkylation sites (N-methyl/N-ethyl adjacent to an activating group) is 1. The van der Waals surface area contributed by atoms with Crippen molar-refractivity contribution in [2.24, 2.45) is 0 Å². The fourth-order valence-corrected chi connectivity index (χ4v) is 2.83. The van der Waals surface area contributed by atoms with Crippen molar-refractivity contribution in [3.8, 4) is 5.75 Å². The molecule has 9 heteroatoms. The molecule has 2 aromatic rings. The Morgan fingerprint density at radius 3 is 2.73 bits per heavy atom. The normalized spacial score (nSPS) is 10.6. The van der Waals surface area contributed by atoms with E-state index >= 15 is 0 Å². The molecule has 0 aromatic carbocycles. The van der Waals surface area contributed by atoms with Gasteiger partial charge in [0.25, 0.3) is 5.91 Å². The molecule has 0 aliphatic carbocycles. The Labute approximate surface area is 128 Å². The third kappa shape index (κ3) is 2.62. The highest BCUT2D eigenvalue weighted by atomic mass is 32.1. The van der Waals surface area contributed by atoms with E-state index in [9.17, 15) is 19.5 Å².